The van der Waals surface area contributed by atoms with Crippen LogP contribution in [0.1, 0.15) is 18.2 Å². The maximum Gasteiger partial charge on any atom is 0.161 e. The molecular formula is C14H15Cl2N3. The molecule has 19 heavy (non-hydrogen) atoms. The summed E-state index contributed by atoms with van der Waals surface area (Å²) >= 11 is 12.0. The first-order valence-electron chi connectivity index (χ1n) is 6.07. The fourth-order valence-electron chi connectivity index (χ4n) is 1.73. The highest BCUT2D eigenvalue weighted by atomic mass is 35.5. The highest BCUT2D eigenvalue weighted by molar-refractivity contribution is 6.42. The van der Waals surface area contributed by atoms with Crippen molar-refractivity contribution < 1.29 is 0 Å². The van der Waals surface area contributed by atoms with Crippen LogP contribution >= 0.6 is 23.2 Å². The average molecular weight is 296 g/mol. The Morgan fingerprint density at radius 1 is 1.11 bits per heavy atom. The van der Waals surface area contributed by atoms with E-state index in [4.69, 9.17) is 23.2 Å². The lowest BCUT2D eigenvalue weighted by Crippen LogP contribution is -2.06. The van der Waals surface area contributed by atoms with Crippen molar-refractivity contribution >= 4 is 29.0 Å². The summed E-state index contributed by atoms with van der Waals surface area (Å²) in [6, 6.07) is 5.41. The van der Waals surface area contributed by atoms with Crippen LogP contribution in [0.4, 0.5) is 5.82 Å². The number of anilines is 1. The molecule has 0 unspecified atom stereocenters. The monoisotopic (exact) mass is 295 g/mol. The second kappa shape index (κ2) is 5.76. The fraction of sp³-hybridized carbons (Fsp3) is 0.286. The van der Waals surface area contributed by atoms with E-state index in [9.17, 15) is 0 Å². The van der Waals surface area contributed by atoms with Gasteiger partial charge >= 0.3 is 0 Å². The number of hydrogen-bond acceptors (Lipinski definition) is 3. The topological polar surface area (TPSA) is 37.8 Å². The molecule has 1 aromatic heterocycles. The maximum atomic E-state index is 6.03. The molecule has 2 aromatic rings. The molecule has 1 heterocycles. The standard InChI is InChI=1S/C14H15Cl2N3/c1-4-17-13-8(2)9(3)18-14(19-13)10-5-6-11(15)12(16)7-10/h5-7H,4H2,1-3H3,(H,17,18,19). The van der Waals surface area contributed by atoms with E-state index in [2.05, 4.69) is 15.3 Å². The van der Waals surface area contributed by atoms with Crippen molar-refractivity contribution in [1.29, 1.82) is 0 Å². The first kappa shape index (κ1) is 14.1. The van der Waals surface area contributed by atoms with E-state index in [0.717, 1.165) is 29.2 Å². The molecule has 100 valence electrons. The Morgan fingerprint density at radius 2 is 1.84 bits per heavy atom. The van der Waals surface area contributed by atoms with Crippen LogP contribution in [0, 0.1) is 13.8 Å². The Bertz CT molecular complexity index is 612. The molecule has 0 atom stereocenters. The molecule has 5 heteroatoms. The highest BCUT2D eigenvalue weighted by Gasteiger charge is 2.10. The van der Waals surface area contributed by atoms with Crippen LogP contribution in [0.3, 0.4) is 0 Å². The fourth-order valence-corrected chi connectivity index (χ4v) is 2.03. The van der Waals surface area contributed by atoms with Crippen molar-refractivity contribution in [3.05, 3.63) is 39.5 Å². The van der Waals surface area contributed by atoms with E-state index < -0.39 is 0 Å². The van der Waals surface area contributed by atoms with Crippen molar-refractivity contribution in [3.8, 4) is 11.4 Å². The smallest absolute Gasteiger partial charge is 0.161 e. The van der Waals surface area contributed by atoms with Crippen molar-refractivity contribution in [3.63, 3.8) is 0 Å². The molecule has 0 aliphatic rings. The lowest BCUT2D eigenvalue weighted by atomic mass is 10.2. The molecule has 0 fully saturated rings. The summed E-state index contributed by atoms with van der Waals surface area (Å²) < 4.78 is 0. The van der Waals surface area contributed by atoms with Crippen molar-refractivity contribution in [2.75, 3.05) is 11.9 Å². The van der Waals surface area contributed by atoms with E-state index in [0.29, 0.717) is 15.9 Å². The summed E-state index contributed by atoms with van der Waals surface area (Å²) in [4.78, 5) is 9.04. The van der Waals surface area contributed by atoms with Gasteiger partial charge in [0.1, 0.15) is 5.82 Å². The number of nitrogens with zero attached hydrogens (tertiary/aromatic N) is 2. The van der Waals surface area contributed by atoms with Gasteiger partial charge in [-0.05, 0) is 39.0 Å². The molecule has 0 saturated heterocycles. The molecule has 0 bridgehead atoms. The minimum atomic E-state index is 0.506. The number of aromatic nitrogens is 2. The first-order chi connectivity index (χ1) is 9.02. The molecule has 0 saturated carbocycles. The summed E-state index contributed by atoms with van der Waals surface area (Å²) in [6.07, 6.45) is 0. The minimum Gasteiger partial charge on any atom is -0.370 e. The maximum absolute atomic E-state index is 6.03. The Balaban J connectivity index is 2.52. The molecular weight excluding hydrogens is 281 g/mol. The van der Waals surface area contributed by atoms with Gasteiger partial charge in [-0.15, -0.1) is 0 Å². The van der Waals surface area contributed by atoms with Gasteiger partial charge in [0.25, 0.3) is 0 Å². The minimum absolute atomic E-state index is 0.506. The molecule has 0 aliphatic carbocycles. The van der Waals surface area contributed by atoms with Gasteiger partial charge in [0.15, 0.2) is 5.82 Å². The van der Waals surface area contributed by atoms with Gasteiger partial charge in [-0.2, -0.15) is 0 Å². The number of hydrogen-bond donors (Lipinski definition) is 1. The van der Waals surface area contributed by atoms with Crippen LogP contribution in [0.2, 0.25) is 10.0 Å². The Morgan fingerprint density at radius 3 is 2.47 bits per heavy atom. The number of aryl methyl sites for hydroxylation is 1. The van der Waals surface area contributed by atoms with Crippen molar-refractivity contribution in [2.24, 2.45) is 0 Å². The van der Waals surface area contributed by atoms with Gasteiger partial charge < -0.3 is 5.32 Å². The van der Waals surface area contributed by atoms with Crippen LogP contribution in [-0.2, 0) is 0 Å². The van der Waals surface area contributed by atoms with E-state index in [1.54, 1.807) is 12.1 Å². The van der Waals surface area contributed by atoms with Crippen LogP contribution in [0.5, 0.6) is 0 Å². The van der Waals surface area contributed by atoms with Crippen molar-refractivity contribution in [2.45, 2.75) is 20.8 Å². The predicted octanol–water partition coefficient (Wildman–Crippen LogP) is 4.50. The van der Waals surface area contributed by atoms with Crippen LogP contribution in [0.25, 0.3) is 11.4 Å². The van der Waals surface area contributed by atoms with Crippen LogP contribution in [0.15, 0.2) is 18.2 Å². The van der Waals surface area contributed by atoms with Crippen molar-refractivity contribution in [1.82, 2.24) is 9.97 Å². The molecule has 1 aromatic carbocycles. The number of benzene rings is 1. The molecule has 3 nitrogen and oxygen atoms in total. The summed E-state index contributed by atoms with van der Waals surface area (Å²) in [5.74, 6) is 1.51. The molecule has 0 radical (unpaired) electrons. The van der Waals surface area contributed by atoms with Crippen LogP contribution in [-0.4, -0.2) is 16.5 Å². The van der Waals surface area contributed by atoms with E-state index >= 15 is 0 Å². The number of halogens is 2. The van der Waals surface area contributed by atoms with E-state index in [1.165, 1.54) is 0 Å². The molecule has 0 aliphatic heterocycles. The van der Waals surface area contributed by atoms with Gasteiger partial charge in [0.2, 0.25) is 0 Å². The van der Waals surface area contributed by atoms with Crippen LogP contribution < -0.4 is 5.32 Å². The molecule has 1 N–H and O–H groups in total. The molecule has 2 rings (SSSR count). The third-order valence-corrected chi connectivity index (χ3v) is 3.65. The zero-order chi connectivity index (χ0) is 14.0. The SMILES string of the molecule is CCNc1nc(-c2ccc(Cl)c(Cl)c2)nc(C)c1C. The summed E-state index contributed by atoms with van der Waals surface area (Å²) in [5.41, 5.74) is 2.87. The lowest BCUT2D eigenvalue weighted by Gasteiger charge is -2.11. The first-order valence-corrected chi connectivity index (χ1v) is 6.83. The Kier molecular flexibility index (Phi) is 4.27. The molecule has 0 amide bonds. The van der Waals surface area contributed by atoms with Gasteiger partial charge in [-0.25, -0.2) is 9.97 Å². The zero-order valence-electron chi connectivity index (χ0n) is 11.1. The quantitative estimate of drug-likeness (QED) is 0.906. The van der Waals surface area contributed by atoms with Gasteiger partial charge in [0.05, 0.1) is 10.0 Å². The third kappa shape index (κ3) is 2.99. The molecule has 0 spiro atoms. The van der Waals surface area contributed by atoms with E-state index in [-0.39, 0.29) is 0 Å². The third-order valence-electron chi connectivity index (χ3n) is 2.91. The second-order valence-corrected chi connectivity index (χ2v) is 5.08. The van der Waals surface area contributed by atoms with E-state index in [1.807, 2.05) is 26.8 Å². The number of rotatable bonds is 3. The summed E-state index contributed by atoms with van der Waals surface area (Å²) in [5, 5.41) is 4.28. The normalized spacial score (nSPS) is 10.6. The van der Waals surface area contributed by atoms with Gasteiger partial charge in [-0.1, -0.05) is 23.2 Å². The largest absolute Gasteiger partial charge is 0.370 e. The second-order valence-electron chi connectivity index (χ2n) is 4.27. The zero-order valence-corrected chi connectivity index (χ0v) is 12.6. The Labute approximate surface area is 123 Å². The predicted molar refractivity (Wildman–Crippen MR) is 81.1 cm³/mol. The Hall–Kier alpha value is -1.32. The van der Waals surface area contributed by atoms with Gasteiger partial charge in [0, 0.05) is 23.4 Å². The highest BCUT2D eigenvalue weighted by Crippen LogP contribution is 2.28. The summed E-state index contributed by atoms with van der Waals surface area (Å²) in [7, 11) is 0. The van der Waals surface area contributed by atoms with Gasteiger partial charge in [-0.3, -0.25) is 0 Å². The summed E-state index contributed by atoms with van der Waals surface area (Å²) in [6.45, 7) is 6.83. The number of nitrogens with one attached hydrogen (secondary N) is 1. The lowest BCUT2D eigenvalue weighted by molar-refractivity contribution is 1.05. The average Bonchev–Trinajstić information content (AvgIpc) is 2.38.